The van der Waals surface area contributed by atoms with Gasteiger partial charge in [-0.3, -0.25) is 5.41 Å². The molecule has 1 fully saturated rings. The molecular formula is C29H29N7. The summed E-state index contributed by atoms with van der Waals surface area (Å²) in [4.78, 5) is 19.8. The molecule has 7 nitrogen and oxygen atoms in total. The lowest BCUT2D eigenvalue weighted by molar-refractivity contribution is 0.919. The van der Waals surface area contributed by atoms with E-state index in [1.807, 2.05) is 36.5 Å². The van der Waals surface area contributed by atoms with Gasteiger partial charge in [0.2, 0.25) is 0 Å². The van der Waals surface area contributed by atoms with Crippen molar-refractivity contribution < 1.29 is 0 Å². The summed E-state index contributed by atoms with van der Waals surface area (Å²) in [5.74, 6) is 1.72. The first-order valence-corrected chi connectivity index (χ1v) is 12.6. The van der Waals surface area contributed by atoms with Gasteiger partial charge in [0, 0.05) is 47.9 Å². The van der Waals surface area contributed by atoms with Crippen LogP contribution in [-0.2, 0) is 13.0 Å². The molecule has 0 saturated carbocycles. The predicted octanol–water partition coefficient (Wildman–Crippen LogP) is 5.70. The Bertz CT molecular complexity index is 1560. The Labute approximate surface area is 210 Å². The van der Waals surface area contributed by atoms with Crippen molar-refractivity contribution in [1.29, 1.82) is 5.41 Å². The second-order valence-electron chi connectivity index (χ2n) is 9.26. The van der Waals surface area contributed by atoms with E-state index in [1.54, 1.807) is 6.33 Å². The smallest absolute Gasteiger partial charge is 0.139 e. The van der Waals surface area contributed by atoms with Crippen molar-refractivity contribution in [3.05, 3.63) is 89.5 Å². The number of hydrogen-bond acceptors (Lipinski definition) is 6. The molecule has 1 aliphatic heterocycles. The van der Waals surface area contributed by atoms with E-state index in [-0.39, 0.29) is 0 Å². The third-order valence-electron chi connectivity index (χ3n) is 6.99. The summed E-state index contributed by atoms with van der Waals surface area (Å²) < 4.78 is 0. The van der Waals surface area contributed by atoms with Gasteiger partial charge in [-0.15, -0.1) is 0 Å². The zero-order valence-corrected chi connectivity index (χ0v) is 20.4. The molecule has 5 aromatic rings. The summed E-state index contributed by atoms with van der Waals surface area (Å²) in [7, 11) is 0. The van der Waals surface area contributed by atoms with Crippen LogP contribution in [0.15, 0.2) is 67.1 Å². The third-order valence-corrected chi connectivity index (χ3v) is 6.99. The van der Waals surface area contributed by atoms with E-state index in [0.717, 1.165) is 69.5 Å². The summed E-state index contributed by atoms with van der Waals surface area (Å²) >= 11 is 0. The maximum Gasteiger partial charge on any atom is 0.139 e. The minimum atomic E-state index is 0.419. The number of aromatic amines is 1. The number of H-pyrrole nitrogens is 1. The molecule has 4 heterocycles. The standard InChI is InChI=1S/C29H29N7/c1-2-23-26(27(30)21-10-9-19-11-12-31-25(19)16-21)28(34-18-33-23)32-17-22-15-20-7-3-4-8-24(20)35-29(22)36-13-5-6-14-36/h3-4,7-12,15-16,18,30-31H,2,5-6,13-14,17H2,1H3,(H,32,33,34). The van der Waals surface area contributed by atoms with E-state index in [1.165, 1.54) is 12.8 Å². The van der Waals surface area contributed by atoms with Crippen LogP contribution in [0.3, 0.4) is 0 Å². The molecule has 1 aliphatic rings. The summed E-state index contributed by atoms with van der Waals surface area (Å²) in [5.41, 5.74) is 6.03. The van der Waals surface area contributed by atoms with Crippen molar-refractivity contribution in [1.82, 2.24) is 19.9 Å². The van der Waals surface area contributed by atoms with Gasteiger partial charge in [-0.25, -0.2) is 15.0 Å². The minimum Gasteiger partial charge on any atom is -0.365 e. The molecule has 36 heavy (non-hydrogen) atoms. The second kappa shape index (κ2) is 9.41. The number of para-hydroxylation sites is 1. The van der Waals surface area contributed by atoms with E-state index in [4.69, 9.17) is 10.4 Å². The van der Waals surface area contributed by atoms with Crippen LogP contribution < -0.4 is 10.2 Å². The maximum atomic E-state index is 9.10. The van der Waals surface area contributed by atoms with Crippen molar-refractivity contribution in [2.75, 3.05) is 23.3 Å². The summed E-state index contributed by atoms with van der Waals surface area (Å²) in [5, 5.41) is 14.9. The average Bonchev–Trinajstić information content (AvgIpc) is 3.63. The SMILES string of the molecule is CCc1ncnc(NCc2cc3ccccc3nc2N2CCCC2)c1C(=N)c1ccc2cc[nH]c2c1. The van der Waals surface area contributed by atoms with Crippen molar-refractivity contribution >= 4 is 39.2 Å². The first kappa shape index (κ1) is 22.2. The molecule has 0 bridgehead atoms. The van der Waals surface area contributed by atoms with Gasteiger partial charge < -0.3 is 15.2 Å². The zero-order chi connectivity index (χ0) is 24.5. The highest BCUT2D eigenvalue weighted by Gasteiger charge is 2.20. The molecule has 180 valence electrons. The van der Waals surface area contributed by atoms with Gasteiger partial charge in [-0.05, 0) is 48.9 Å². The van der Waals surface area contributed by atoms with E-state index in [9.17, 15) is 0 Å². The van der Waals surface area contributed by atoms with Gasteiger partial charge in [0.05, 0.1) is 22.5 Å². The number of hydrogen-bond donors (Lipinski definition) is 3. The highest BCUT2D eigenvalue weighted by Crippen LogP contribution is 2.29. The van der Waals surface area contributed by atoms with Crippen LogP contribution in [0, 0.1) is 5.41 Å². The Balaban J connectivity index is 1.36. The van der Waals surface area contributed by atoms with Crippen LogP contribution in [-0.4, -0.2) is 38.7 Å². The lowest BCUT2D eigenvalue weighted by Crippen LogP contribution is -2.22. The summed E-state index contributed by atoms with van der Waals surface area (Å²) in [6, 6.07) is 18.6. The number of fused-ring (bicyclic) bond motifs is 2. The zero-order valence-electron chi connectivity index (χ0n) is 20.4. The Morgan fingerprint density at radius 2 is 1.89 bits per heavy atom. The van der Waals surface area contributed by atoms with Gasteiger partial charge in [0.15, 0.2) is 0 Å². The van der Waals surface area contributed by atoms with E-state index >= 15 is 0 Å². The summed E-state index contributed by atoms with van der Waals surface area (Å²) in [6.07, 6.45) is 6.62. The highest BCUT2D eigenvalue weighted by atomic mass is 15.2. The molecule has 7 heteroatoms. The average molecular weight is 476 g/mol. The van der Waals surface area contributed by atoms with Crippen LogP contribution in [0.5, 0.6) is 0 Å². The largest absolute Gasteiger partial charge is 0.365 e. The van der Waals surface area contributed by atoms with Crippen LogP contribution in [0.25, 0.3) is 21.8 Å². The monoisotopic (exact) mass is 475 g/mol. The molecule has 2 aromatic carbocycles. The fourth-order valence-corrected chi connectivity index (χ4v) is 5.10. The van der Waals surface area contributed by atoms with Crippen LogP contribution in [0.1, 0.15) is 42.1 Å². The van der Waals surface area contributed by atoms with E-state index in [0.29, 0.717) is 18.1 Å². The number of benzene rings is 2. The molecule has 1 saturated heterocycles. The topological polar surface area (TPSA) is 93.6 Å². The Kier molecular flexibility index (Phi) is 5.81. The molecular weight excluding hydrogens is 446 g/mol. The molecule has 0 amide bonds. The minimum absolute atomic E-state index is 0.419. The normalized spacial score (nSPS) is 13.5. The Hall–Kier alpha value is -4.26. The number of anilines is 2. The molecule has 0 unspecified atom stereocenters. The molecule has 0 spiro atoms. The number of aromatic nitrogens is 4. The van der Waals surface area contributed by atoms with Gasteiger partial charge in [0.25, 0.3) is 0 Å². The number of pyridine rings is 1. The Morgan fingerprint density at radius 1 is 1.03 bits per heavy atom. The summed E-state index contributed by atoms with van der Waals surface area (Å²) in [6.45, 7) is 4.70. The van der Waals surface area contributed by atoms with Gasteiger partial charge in [-0.2, -0.15) is 0 Å². The molecule has 0 atom stereocenters. The first-order chi connectivity index (χ1) is 17.7. The molecule has 0 radical (unpaired) electrons. The van der Waals surface area contributed by atoms with Crippen molar-refractivity contribution in [3.63, 3.8) is 0 Å². The first-order valence-electron chi connectivity index (χ1n) is 12.6. The molecule has 3 aromatic heterocycles. The lowest BCUT2D eigenvalue weighted by atomic mass is 9.99. The number of nitrogens with zero attached hydrogens (tertiary/aromatic N) is 4. The molecule has 0 aliphatic carbocycles. The third kappa shape index (κ3) is 4.06. The Morgan fingerprint density at radius 3 is 2.75 bits per heavy atom. The highest BCUT2D eigenvalue weighted by molar-refractivity contribution is 6.15. The molecule has 3 N–H and O–H groups in total. The van der Waals surface area contributed by atoms with Crippen LogP contribution >= 0.6 is 0 Å². The number of nitrogens with one attached hydrogen (secondary N) is 3. The maximum absolute atomic E-state index is 9.10. The van der Waals surface area contributed by atoms with Crippen molar-refractivity contribution in [2.24, 2.45) is 0 Å². The van der Waals surface area contributed by atoms with E-state index in [2.05, 4.69) is 56.4 Å². The predicted molar refractivity (Wildman–Crippen MR) is 146 cm³/mol. The van der Waals surface area contributed by atoms with Crippen molar-refractivity contribution in [2.45, 2.75) is 32.7 Å². The van der Waals surface area contributed by atoms with Crippen LogP contribution in [0.4, 0.5) is 11.6 Å². The van der Waals surface area contributed by atoms with Gasteiger partial charge >= 0.3 is 0 Å². The van der Waals surface area contributed by atoms with Gasteiger partial charge in [-0.1, -0.05) is 37.3 Å². The fourth-order valence-electron chi connectivity index (χ4n) is 5.10. The van der Waals surface area contributed by atoms with Crippen molar-refractivity contribution in [3.8, 4) is 0 Å². The number of rotatable bonds is 7. The van der Waals surface area contributed by atoms with E-state index < -0.39 is 0 Å². The van der Waals surface area contributed by atoms with Gasteiger partial charge in [0.1, 0.15) is 18.0 Å². The van der Waals surface area contributed by atoms with Crippen LogP contribution in [0.2, 0.25) is 0 Å². The number of aryl methyl sites for hydroxylation is 1. The second-order valence-corrected chi connectivity index (χ2v) is 9.26. The quantitative estimate of drug-likeness (QED) is 0.263. The fraction of sp³-hybridized carbons (Fsp3) is 0.241. The molecule has 6 rings (SSSR count). The lowest BCUT2D eigenvalue weighted by Gasteiger charge is -2.22.